The van der Waals surface area contributed by atoms with E-state index >= 15 is 0 Å². The van der Waals surface area contributed by atoms with Gasteiger partial charge < -0.3 is 0 Å². The van der Waals surface area contributed by atoms with Crippen LogP contribution in [0.5, 0.6) is 0 Å². The fourth-order valence-electron chi connectivity index (χ4n) is 1.44. The Kier molecular flexibility index (Phi) is 3.96. The molecule has 17 heavy (non-hydrogen) atoms. The van der Waals surface area contributed by atoms with Crippen molar-refractivity contribution in [2.75, 3.05) is 0 Å². The molecule has 96 valence electrons. The first-order chi connectivity index (χ1) is 7.69. The molecule has 0 aromatic heterocycles. The van der Waals surface area contributed by atoms with Gasteiger partial charge in [-0.25, -0.2) is 0 Å². The number of hydrogen-bond acceptors (Lipinski definition) is 0. The molecule has 0 bridgehead atoms. The molecule has 1 atom stereocenters. The van der Waals surface area contributed by atoms with Crippen molar-refractivity contribution in [1.82, 2.24) is 0 Å². The van der Waals surface area contributed by atoms with Crippen molar-refractivity contribution in [2.45, 2.75) is 32.0 Å². The van der Waals surface area contributed by atoms with E-state index in [4.69, 9.17) is 0 Å². The molecule has 0 fully saturated rings. The van der Waals surface area contributed by atoms with Crippen LogP contribution in [0.1, 0.15) is 25.8 Å². The highest BCUT2D eigenvalue weighted by atomic mass is 28.4. The van der Waals surface area contributed by atoms with Gasteiger partial charge in [-0.3, -0.25) is 8.22 Å². The first kappa shape index (κ1) is 14.1. The quantitative estimate of drug-likeness (QED) is 0.440. The third kappa shape index (κ3) is 3.05. The summed E-state index contributed by atoms with van der Waals surface area (Å²) in [5.41, 5.74) is -1.86. The maximum atomic E-state index is 13.9. The zero-order chi connectivity index (χ0) is 13.3. The Bertz CT molecular complexity index is 386. The molecule has 0 aliphatic rings. The van der Waals surface area contributed by atoms with E-state index in [2.05, 4.69) is 0 Å². The lowest BCUT2D eigenvalue weighted by atomic mass is 10.2. The molecular formula is C11H13F5Si. The molecule has 1 aromatic rings. The van der Waals surface area contributed by atoms with Crippen molar-refractivity contribution >= 4 is 13.9 Å². The Morgan fingerprint density at radius 1 is 1.24 bits per heavy atom. The average Bonchev–Trinajstić information content (AvgIpc) is 2.27. The van der Waals surface area contributed by atoms with Crippen LogP contribution < -0.4 is 5.19 Å². The van der Waals surface area contributed by atoms with Gasteiger partial charge in [-0.2, -0.15) is 13.2 Å². The first-order valence-corrected chi connectivity index (χ1v) is 7.08. The van der Waals surface area contributed by atoms with Gasteiger partial charge in [-0.1, -0.05) is 38.5 Å². The van der Waals surface area contributed by atoms with Crippen molar-refractivity contribution in [1.29, 1.82) is 0 Å². The highest BCUT2D eigenvalue weighted by Crippen LogP contribution is 2.31. The molecule has 0 nitrogen and oxygen atoms in total. The van der Waals surface area contributed by atoms with Crippen molar-refractivity contribution in [3.05, 3.63) is 29.8 Å². The first-order valence-electron chi connectivity index (χ1n) is 5.25. The summed E-state index contributed by atoms with van der Waals surface area (Å²) in [6, 6.07) is 3.53. The molecule has 0 heterocycles. The Hall–Kier alpha value is -0.913. The van der Waals surface area contributed by atoms with Crippen LogP contribution in [0.4, 0.5) is 21.4 Å². The summed E-state index contributed by atoms with van der Waals surface area (Å²) in [6.07, 6.45) is -4.31. The minimum atomic E-state index is -4.79. The van der Waals surface area contributed by atoms with Crippen molar-refractivity contribution in [3.63, 3.8) is 0 Å². The molecular weight excluding hydrogens is 255 g/mol. The van der Waals surface area contributed by atoms with Gasteiger partial charge >= 0.3 is 14.9 Å². The lowest BCUT2D eigenvalue weighted by Gasteiger charge is -2.20. The van der Waals surface area contributed by atoms with Crippen LogP contribution in [0.3, 0.4) is 0 Å². The van der Waals surface area contributed by atoms with Crippen LogP contribution in [-0.2, 0) is 6.18 Å². The molecule has 0 spiro atoms. The lowest BCUT2D eigenvalue weighted by Crippen LogP contribution is -2.43. The summed E-state index contributed by atoms with van der Waals surface area (Å²) in [4.78, 5) is 0. The molecule has 0 aliphatic heterocycles. The molecule has 6 heteroatoms. The van der Waals surface area contributed by atoms with E-state index in [9.17, 15) is 21.4 Å². The third-order valence-electron chi connectivity index (χ3n) is 2.81. The van der Waals surface area contributed by atoms with E-state index in [0.717, 1.165) is 18.2 Å². The highest BCUT2D eigenvalue weighted by Gasteiger charge is 2.44. The zero-order valence-corrected chi connectivity index (χ0v) is 10.5. The molecule has 0 amide bonds. The van der Waals surface area contributed by atoms with E-state index in [0.29, 0.717) is 6.07 Å². The minimum Gasteiger partial charge on any atom is -0.264 e. The normalized spacial score (nSPS) is 14.8. The van der Waals surface area contributed by atoms with E-state index in [-0.39, 0.29) is 6.42 Å². The topological polar surface area (TPSA) is 0 Å². The minimum absolute atomic E-state index is 0.259. The number of alkyl halides is 3. The fraction of sp³-hybridized carbons (Fsp3) is 0.455. The van der Waals surface area contributed by atoms with Crippen molar-refractivity contribution < 1.29 is 21.4 Å². The van der Waals surface area contributed by atoms with Crippen molar-refractivity contribution in [3.8, 4) is 0 Å². The Morgan fingerprint density at radius 3 is 2.29 bits per heavy atom. The summed E-state index contributed by atoms with van der Waals surface area (Å²) in [5.74, 6) is 0. The van der Waals surface area contributed by atoms with Crippen LogP contribution in [0.2, 0.25) is 5.54 Å². The van der Waals surface area contributed by atoms with Gasteiger partial charge in [0.05, 0.1) is 5.56 Å². The molecule has 1 rings (SSSR count). The maximum Gasteiger partial charge on any atom is 0.458 e. The summed E-state index contributed by atoms with van der Waals surface area (Å²) in [7, 11) is -4.79. The summed E-state index contributed by atoms with van der Waals surface area (Å²) in [5, 5.41) is -0.443. The van der Waals surface area contributed by atoms with Gasteiger partial charge in [0.15, 0.2) is 0 Å². The molecule has 0 N–H and O–H groups in total. The van der Waals surface area contributed by atoms with Gasteiger partial charge in [-0.15, -0.1) is 0 Å². The Labute approximate surface area is 97.8 Å². The predicted octanol–water partition coefficient (Wildman–Crippen LogP) is 4.09. The van der Waals surface area contributed by atoms with E-state index < -0.39 is 31.2 Å². The van der Waals surface area contributed by atoms with Gasteiger partial charge in [0.1, 0.15) is 0 Å². The second-order valence-electron chi connectivity index (χ2n) is 4.01. The molecule has 0 saturated heterocycles. The predicted molar refractivity (Wildman–Crippen MR) is 58.8 cm³/mol. The Morgan fingerprint density at radius 2 is 1.82 bits per heavy atom. The highest BCUT2D eigenvalue weighted by molar-refractivity contribution is 6.81. The third-order valence-corrected chi connectivity index (χ3v) is 5.53. The van der Waals surface area contributed by atoms with E-state index in [1.54, 1.807) is 6.92 Å². The summed E-state index contributed by atoms with van der Waals surface area (Å²) in [6.45, 7) is 2.99. The number of rotatable bonds is 3. The van der Waals surface area contributed by atoms with Crippen LogP contribution in [0, 0.1) is 0 Å². The van der Waals surface area contributed by atoms with Crippen LogP contribution >= 0.6 is 0 Å². The van der Waals surface area contributed by atoms with Gasteiger partial charge in [-0.05, 0) is 6.07 Å². The van der Waals surface area contributed by atoms with Gasteiger partial charge in [0.2, 0.25) is 0 Å². The van der Waals surface area contributed by atoms with Crippen molar-refractivity contribution in [2.24, 2.45) is 0 Å². The van der Waals surface area contributed by atoms with Crippen LogP contribution in [0.25, 0.3) is 0 Å². The monoisotopic (exact) mass is 268 g/mol. The SMILES string of the molecule is CCC(C)[Si](F)(F)c1cccc(C(F)(F)F)c1. The number of halogens is 5. The zero-order valence-electron chi connectivity index (χ0n) is 9.48. The fourth-order valence-corrected chi connectivity index (χ4v) is 3.19. The second-order valence-corrected chi connectivity index (χ2v) is 6.82. The average molecular weight is 268 g/mol. The van der Waals surface area contributed by atoms with Gasteiger partial charge in [0, 0.05) is 10.7 Å². The second kappa shape index (κ2) is 4.76. The van der Waals surface area contributed by atoms with Crippen LogP contribution in [-0.4, -0.2) is 8.74 Å². The largest absolute Gasteiger partial charge is 0.458 e. The lowest BCUT2D eigenvalue weighted by molar-refractivity contribution is -0.137. The number of hydrogen-bond donors (Lipinski definition) is 0. The smallest absolute Gasteiger partial charge is 0.264 e. The molecule has 1 unspecified atom stereocenters. The molecule has 0 saturated carbocycles. The maximum absolute atomic E-state index is 13.9. The summed E-state index contributed by atoms with van der Waals surface area (Å²) < 4.78 is 65.0. The molecule has 1 aromatic carbocycles. The standard InChI is InChI=1S/C11H13F5Si/c1-3-8(2)17(15,16)10-6-4-5-9(7-10)11(12,13)14/h4-8H,3H2,1-2H3. The van der Waals surface area contributed by atoms with E-state index in [1.807, 2.05) is 0 Å². The van der Waals surface area contributed by atoms with Crippen LogP contribution in [0.15, 0.2) is 24.3 Å². The van der Waals surface area contributed by atoms with Gasteiger partial charge in [0.25, 0.3) is 0 Å². The summed E-state index contributed by atoms with van der Waals surface area (Å²) >= 11 is 0. The molecule has 0 aliphatic carbocycles. The number of benzene rings is 1. The Balaban J connectivity index is 3.16. The van der Waals surface area contributed by atoms with E-state index in [1.165, 1.54) is 6.92 Å². The molecule has 0 radical (unpaired) electrons.